The van der Waals surface area contributed by atoms with Crippen LogP contribution in [-0.4, -0.2) is 25.0 Å². The fraction of sp³-hybridized carbons (Fsp3) is 0.467. The summed E-state index contributed by atoms with van der Waals surface area (Å²) in [6.07, 6.45) is 0. The van der Waals surface area contributed by atoms with Gasteiger partial charge in [0.05, 0.1) is 18.7 Å². The molecular weight excluding hydrogens is 256 g/mol. The lowest BCUT2D eigenvalue weighted by Crippen LogP contribution is -2.52. The van der Waals surface area contributed by atoms with Gasteiger partial charge in [-0.15, -0.1) is 0 Å². The van der Waals surface area contributed by atoms with E-state index >= 15 is 0 Å². The minimum absolute atomic E-state index is 0.0710. The smallest absolute Gasteiger partial charge is 0.338 e. The van der Waals surface area contributed by atoms with Gasteiger partial charge >= 0.3 is 5.97 Å². The number of carbonyl (C=O) groups is 2. The van der Waals surface area contributed by atoms with E-state index in [9.17, 15) is 9.59 Å². The van der Waals surface area contributed by atoms with E-state index in [0.29, 0.717) is 5.56 Å². The molecule has 0 radical (unpaired) electrons. The fourth-order valence-electron chi connectivity index (χ4n) is 2.63. The highest BCUT2D eigenvalue weighted by molar-refractivity contribution is 5.92. The highest BCUT2D eigenvalue weighted by Gasteiger charge is 2.46. The first-order valence-corrected chi connectivity index (χ1v) is 6.70. The standard InChI is InChI=1S/C15H20N2O3/c1-9(2)15(16-10(3)13(18)17-15)12-8-6-5-7-11(12)14(19)20-4/h5-10,16H,1-4H3,(H,17,18). The number of ether oxygens (including phenoxy) is 1. The Balaban J connectivity index is 2.57. The summed E-state index contributed by atoms with van der Waals surface area (Å²) in [5.74, 6) is -0.406. The normalized spacial score (nSPS) is 25.6. The highest BCUT2D eigenvalue weighted by atomic mass is 16.5. The Morgan fingerprint density at radius 3 is 2.50 bits per heavy atom. The van der Waals surface area contributed by atoms with Crippen LogP contribution in [0.5, 0.6) is 0 Å². The molecule has 0 aliphatic carbocycles. The number of esters is 1. The third kappa shape index (κ3) is 2.18. The van der Waals surface area contributed by atoms with Crippen molar-refractivity contribution in [1.82, 2.24) is 10.6 Å². The number of nitrogens with one attached hydrogen (secondary N) is 2. The van der Waals surface area contributed by atoms with Gasteiger partial charge in [-0.25, -0.2) is 4.79 Å². The van der Waals surface area contributed by atoms with Gasteiger partial charge in [0.15, 0.2) is 0 Å². The summed E-state index contributed by atoms with van der Waals surface area (Å²) in [6, 6.07) is 6.88. The summed E-state index contributed by atoms with van der Waals surface area (Å²) < 4.78 is 4.84. The van der Waals surface area contributed by atoms with E-state index in [1.165, 1.54) is 7.11 Å². The van der Waals surface area contributed by atoms with Crippen molar-refractivity contribution >= 4 is 11.9 Å². The third-order valence-corrected chi connectivity index (χ3v) is 3.78. The first-order valence-electron chi connectivity index (χ1n) is 6.70. The molecule has 1 aromatic carbocycles. The summed E-state index contributed by atoms with van der Waals surface area (Å²) in [7, 11) is 1.35. The van der Waals surface area contributed by atoms with Crippen LogP contribution in [0.3, 0.4) is 0 Å². The van der Waals surface area contributed by atoms with Gasteiger partial charge in [0, 0.05) is 5.56 Å². The van der Waals surface area contributed by atoms with Crippen LogP contribution in [0.25, 0.3) is 0 Å². The van der Waals surface area contributed by atoms with Gasteiger partial charge in [0.2, 0.25) is 5.91 Å². The van der Waals surface area contributed by atoms with Crippen LogP contribution in [0.15, 0.2) is 24.3 Å². The fourth-order valence-corrected chi connectivity index (χ4v) is 2.63. The summed E-state index contributed by atoms with van der Waals surface area (Å²) in [5, 5.41) is 6.28. The van der Waals surface area contributed by atoms with Crippen molar-refractivity contribution in [1.29, 1.82) is 0 Å². The zero-order chi connectivity index (χ0) is 14.9. The molecule has 1 aliphatic rings. The molecule has 2 N–H and O–H groups in total. The quantitative estimate of drug-likeness (QED) is 0.819. The average molecular weight is 276 g/mol. The molecule has 2 atom stereocenters. The van der Waals surface area contributed by atoms with Crippen LogP contribution in [0.4, 0.5) is 0 Å². The molecule has 1 saturated heterocycles. The molecule has 0 spiro atoms. The molecule has 5 nitrogen and oxygen atoms in total. The van der Waals surface area contributed by atoms with Crippen LogP contribution in [0.2, 0.25) is 0 Å². The Labute approximate surface area is 118 Å². The van der Waals surface area contributed by atoms with Crippen molar-refractivity contribution in [2.75, 3.05) is 7.11 Å². The van der Waals surface area contributed by atoms with Crippen LogP contribution in [0, 0.1) is 5.92 Å². The second kappa shape index (κ2) is 5.25. The number of rotatable bonds is 3. The molecule has 1 amide bonds. The molecule has 1 fully saturated rings. The van der Waals surface area contributed by atoms with Crippen LogP contribution < -0.4 is 10.6 Å². The maximum atomic E-state index is 12.0. The zero-order valence-electron chi connectivity index (χ0n) is 12.2. The van der Waals surface area contributed by atoms with Gasteiger partial charge in [-0.1, -0.05) is 32.0 Å². The monoisotopic (exact) mass is 276 g/mol. The third-order valence-electron chi connectivity index (χ3n) is 3.78. The molecule has 20 heavy (non-hydrogen) atoms. The highest BCUT2D eigenvalue weighted by Crippen LogP contribution is 2.33. The predicted octanol–water partition coefficient (Wildman–Crippen LogP) is 1.39. The van der Waals surface area contributed by atoms with Crippen molar-refractivity contribution in [3.05, 3.63) is 35.4 Å². The van der Waals surface area contributed by atoms with Gasteiger partial charge in [-0.2, -0.15) is 0 Å². The molecule has 0 saturated carbocycles. The zero-order valence-corrected chi connectivity index (χ0v) is 12.2. The lowest BCUT2D eigenvalue weighted by Gasteiger charge is -2.35. The van der Waals surface area contributed by atoms with E-state index in [-0.39, 0.29) is 17.9 Å². The maximum absolute atomic E-state index is 12.0. The van der Waals surface area contributed by atoms with Gasteiger partial charge < -0.3 is 10.1 Å². The van der Waals surface area contributed by atoms with Crippen LogP contribution in [0.1, 0.15) is 36.7 Å². The van der Waals surface area contributed by atoms with E-state index < -0.39 is 11.6 Å². The van der Waals surface area contributed by atoms with Gasteiger partial charge in [0.1, 0.15) is 5.66 Å². The van der Waals surface area contributed by atoms with Gasteiger partial charge in [0.25, 0.3) is 0 Å². The summed E-state index contributed by atoms with van der Waals surface area (Å²) >= 11 is 0. The molecule has 0 bridgehead atoms. The van der Waals surface area contributed by atoms with Crippen molar-refractivity contribution in [3.8, 4) is 0 Å². The molecule has 2 unspecified atom stereocenters. The number of hydrogen-bond donors (Lipinski definition) is 2. The first-order chi connectivity index (χ1) is 9.42. The molecule has 1 heterocycles. The van der Waals surface area contributed by atoms with Crippen molar-refractivity contribution in [2.24, 2.45) is 5.92 Å². The Bertz CT molecular complexity index is 542. The van der Waals surface area contributed by atoms with E-state index in [0.717, 1.165) is 5.56 Å². The van der Waals surface area contributed by atoms with Crippen molar-refractivity contribution in [3.63, 3.8) is 0 Å². The minimum atomic E-state index is -0.749. The Morgan fingerprint density at radius 1 is 1.35 bits per heavy atom. The van der Waals surface area contributed by atoms with Crippen LogP contribution in [-0.2, 0) is 15.2 Å². The van der Waals surface area contributed by atoms with Crippen LogP contribution >= 0.6 is 0 Å². The van der Waals surface area contributed by atoms with Crippen molar-refractivity contribution < 1.29 is 14.3 Å². The SMILES string of the molecule is COC(=O)c1ccccc1C1(C(C)C)NC(=O)C(C)N1. The number of benzene rings is 1. The Hall–Kier alpha value is -1.88. The van der Waals surface area contributed by atoms with E-state index in [4.69, 9.17) is 4.74 Å². The lowest BCUT2D eigenvalue weighted by atomic mass is 9.85. The molecule has 5 heteroatoms. The number of hydrogen-bond acceptors (Lipinski definition) is 4. The largest absolute Gasteiger partial charge is 0.465 e. The molecule has 1 aliphatic heterocycles. The molecule has 2 rings (SSSR count). The Morgan fingerprint density at radius 2 is 2.00 bits per heavy atom. The Kier molecular flexibility index (Phi) is 3.81. The predicted molar refractivity (Wildman–Crippen MR) is 75.0 cm³/mol. The topological polar surface area (TPSA) is 67.4 Å². The van der Waals surface area contributed by atoms with Gasteiger partial charge in [-0.3, -0.25) is 10.1 Å². The van der Waals surface area contributed by atoms with E-state index in [2.05, 4.69) is 10.6 Å². The molecular formula is C15H20N2O3. The minimum Gasteiger partial charge on any atom is -0.465 e. The summed E-state index contributed by atoms with van der Waals surface area (Å²) in [5.41, 5.74) is 0.450. The molecule has 1 aromatic rings. The van der Waals surface area contributed by atoms with E-state index in [1.54, 1.807) is 19.1 Å². The molecule has 0 aromatic heterocycles. The number of amides is 1. The molecule has 108 valence electrons. The summed E-state index contributed by atoms with van der Waals surface area (Å²) in [4.78, 5) is 23.9. The average Bonchev–Trinajstić information content (AvgIpc) is 2.75. The number of methoxy groups -OCH3 is 1. The maximum Gasteiger partial charge on any atom is 0.338 e. The number of carbonyl (C=O) groups excluding carboxylic acids is 2. The summed E-state index contributed by atoms with van der Waals surface area (Å²) in [6.45, 7) is 5.80. The second-order valence-electron chi connectivity index (χ2n) is 5.36. The van der Waals surface area contributed by atoms with Crippen molar-refractivity contribution in [2.45, 2.75) is 32.5 Å². The lowest BCUT2D eigenvalue weighted by molar-refractivity contribution is -0.120. The van der Waals surface area contributed by atoms with E-state index in [1.807, 2.05) is 26.0 Å². The second-order valence-corrected chi connectivity index (χ2v) is 5.36. The first kappa shape index (κ1) is 14.5. The van der Waals surface area contributed by atoms with Gasteiger partial charge in [-0.05, 0) is 18.9 Å².